The van der Waals surface area contributed by atoms with Crippen molar-refractivity contribution in [1.82, 2.24) is 15.0 Å². The number of benzene rings is 4. The van der Waals surface area contributed by atoms with Gasteiger partial charge in [0.1, 0.15) is 5.75 Å². The molecule has 1 aromatic heterocycles. The number of aliphatic hydroxyl groups excluding tert-OH is 1. The molecule has 4 heterocycles. The van der Waals surface area contributed by atoms with Gasteiger partial charge in [0.25, 0.3) is 11.8 Å². The maximum absolute atomic E-state index is 16.6. The fourth-order valence-corrected chi connectivity index (χ4v) is 10.7. The molecule has 0 aliphatic carbocycles. The summed E-state index contributed by atoms with van der Waals surface area (Å²) < 4.78 is 31.5. The summed E-state index contributed by atoms with van der Waals surface area (Å²) in [5.74, 6) is -0.151. The van der Waals surface area contributed by atoms with E-state index in [0.29, 0.717) is 70.5 Å². The van der Waals surface area contributed by atoms with Crippen molar-refractivity contribution in [3.05, 3.63) is 120 Å². The van der Waals surface area contributed by atoms with E-state index in [9.17, 15) is 9.90 Å². The van der Waals surface area contributed by atoms with Crippen molar-refractivity contribution in [2.24, 2.45) is 5.92 Å². The lowest BCUT2D eigenvalue weighted by atomic mass is 9.82. The lowest BCUT2D eigenvalue weighted by molar-refractivity contribution is -0.145. The van der Waals surface area contributed by atoms with Gasteiger partial charge in [0.05, 0.1) is 28.7 Å². The van der Waals surface area contributed by atoms with Gasteiger partial charge in [0, 0.05) is 54.2 Å². The summed E-state index contributed by atoms with van der Waals surface area (Å²) in [5, 5.41) is 17.7. The first-order valence-corrected chi connectivity index (χ1v) is 20.2. The SMILES string of the molecule is C[C@@H]1[C@@H]([Si](C)(C)F)[C@H](CCn2cc(CCO)nn2)O[C@@]12C(=O)N(c1ccccc1)c1ccc(N3C(=O)c4ccccc4Oc4ccccc43)cc12. The van der Waals surface area contributed by atoms with Crippen molar-refractivity contribution in [1.29, 1.82) is 0 Å². The lowest BCUT2D eigenvalue weighted by Crippen LogP contribution is -2.44. The number of aromatic nitrogens is 3. The Morgan fingerprint density at radius 1 is 0.882 bits per heavy atom. The molecule has 1 N–H and O–H groups in total. The van der Waals surface area contributed by atoms with Gasteiger partial charge in [-0.1, -0.05) is 54.6 Å². The van der Waals surface area contributed by atoms with E-state index >= 15 is 8.90 Å². The van der Waals surface area contributed by atoms with Gasteiger partial charge >= 0.3 is 0 Å². The third-order valence-electron chi connectivity index (χ3n) is 10.4. The first-order valence-electron chi connectivity index (χ1n) is 17.2. The molecule has 51 heavy (non-hydrogen) atoms. The summed E-state index contributed by atoms with van der Waals surface area (Å²) in [6.07, 6.45) is 1.96. The Morgan fingerprint density at radius 2 is 1.61 bits per heavy atom. The summed E-state index contributed by atoms with van der Waals surface area (Å²) in [7, 11) is -3.45. The van der Waals surface area contributed by atoms with Crippen LogP contribution in [-0.2, 0) is 28.1 Å². The van der Waals surface area contributed by atoms with E-state index in [2.05, 4.69) is 10.3 Å². The minimum atomic E-state index is -3.45. The van der Waals surface area contributed by atoms with Crippen molar-refractivity contribution < 1.29 is 28.3 Å². The maximum Gasteiger partial charge on any atom is 0.268 e. The zero-order valence-electron chi connectivity index (χ0n) is 28.6. The molecule has 10 nitrogen and oxygen atoms in total. The van der Waals surface area contributed by atoms with Crippen LogP contribution < -0.4 is 14.5 Å². The van der Waals surface area contributed by atoms with Crippen LogP contribution in [0, 0.1) is 5.92 Å². The van der Waals surface area contributed by atoms with E-state index < -0.39 is 31.6 Å². The van der Waals surface area contributed by atoms with Crippen molar-refractivity contribution in [3.8, 4) is 11.5 Å². The lowest BCUT2D eigenvalue weighted by Gasteiger charge is -2.31. The van der Waals surface area contributed by atoms with Gasteiger partial charge in [-0.25, -0.2) is 0 Å². The molecule has 0 radical (unpaired) electrons. The second kappa shape index (κ2) is 12.6. The fraction of sp³-hybridized carbons (Fsp3) is 0.282. The van der Waals surface area contributed by atoms with Crippen molar-refractivity contribution in [2.75, 3.05) is 16.4 Å². The largest absolute Gasteiger partial charge is 0.454 e. The topological polar surface area (TPSA) is 110 Å². The monoisotopic (exact) mass is 703 g/mol. The number of aliphatic hydroxyl groups is 1. The van der Waals surface area contributed by atoms with Crippen LogP contribution in [0.4, 0.5) is 26.9 Å². The number of fused-ring (bicyclic) bond motifs is 4. The minimum Gasteiger partial charge on any atom is -0.454 e. The van der Waals surface area contributed by atoms with Crippen molar-refractivity contribution in [3.63, 3.8) is 0 Å². The molecule has 4 atom stereocenters. The van der Waals surface area contributed by atoms with Crippen LogP contribution in [0.2, 0.25) is 18.6 Å². The van der Waals surface area contributed by atoms with Gasteiger partial charge < -0.3 is 18.7 Å². The number of para-hydroxylation sites is 4. The zero-order chi connectivity index (χ0) is 35.5. The van der Waals surface area contributed by atoms with Gasteiger partial charge in [0.2, 0.25) is 8.41 Å². The van der Waals surface area contributed by atoms with Crippen LogP contribution in [0.5, 0.6) is 11.5 Å². The molecule has 3 aliphatic rings. The summed E-state index contributed by atoms with van der Waals surface area (Å²) in [6.45, 7) is 5.63. The number of nitrogens with zero attached hydrogens (tertiary/aromatic N) is 5. The van der Waals surface area contributed by atoms with E-state index in [0.717, 1.165) is 0 Å². The van der Waals surface area contributed by atoms with Crippen molar-refractivity contribution in [2.45, 2.75) is 56.7 Å². The van der Waals surface area contributed by atoms with E-state index in [1.165, 1.54) is 0 Å². The molecule has 12 heteroatoms. The highest BCUT2D eigenvalue weighted by atomic mass is 28.4. The Labute approximate surface area is 296 Å². The Kier molecular flexibility index (Phi) is 8.12. The quantitative estimate of drug-likeness (QED) is 0.132. The van der Waals surface area contributed by atoms with Crippen LogP contribution in [-0.4, -0.2) is 53.0 Å². The highest BCUT2D eigenvalue weighted by Crippen LogP contribution is 2.62. The molecule has 1 spiro atoms. The van der Waals surface area contributed by atoms with Crippen LogP contribution in [0.25, 0.3) is 0 Å². The van der Waals surface area contributed by atoms with E-state index in [1.54, 1.807) is 52.0 Å². The Morgan fingerprint density at radius 3 is 2.37 bits per heavy atom. The number of amides is 2. The fourth-order valence-electron chi connectivity index (χ4n) is 8.20. The molecule has 8 rings (SSSR count). The molecule has 3 aliphatic heterocycles. The third kappa shape index (κ3) is 5.36. The molecule has 1 saturated heterocycles. The summed E-state index contributed by atoms with van der Waals surface area (Å²) >= 11 is 0. The first-order chi connectivity index (χ1) is 24.6. The van der Waals surface area contributed by atoms with Gasteiger partial charge in [-0.3, -0.25) is 24.1 Å². The van der Waals surface area contributed by atoms with Gasteiger partial charge in [-0.15, -0.1) is 5.10 Å². The molecule has 1 fully saturated rings. The first kappa shape index (κ1) is 33.0. The van der Waals surface area contributed by atoms with Gasteiger partial charge in [0.15, 0.2) is 11.4 Å². The summed E-state index contributed by atoms with van der Waals surface area (Å²) in [4.78, 5) is 32.7. The van der Waals surface area contributed by atoms with Gasteiger partial charge in [-0.2, -0.15) is 0 Å². The molecular weight excluding hydrogens is 666 g/mol. The smallest absolute Gasteiger partial charge is 0.268 e. The predicted molar refractivity (Wildman–Crippen MR) is 193 cm³/mol. The Balaban J connectivity index is 1.27. The third-order valence-corrected chi connectivity index (χ3v) is 12.8. The Bertz CT molecular complexity index is 2140. The number of ether oxygens (including phenoxy) is 2. The highest BCUT2D eigenvalue weighted by Gasteiger charge is 2.67. The predicted octanol–water partition coefficient (Wildman–Crippen LogP) is 7.44. The summed E-state index contributed by atoms with van der Waals surface area (Å²) in [6, 6.07) is 29.4. The molecule has 2 amide bonds. The normalized spacial score (nSPS) is 22.5. The van der Waals surface area contributed by atoms with Crippen LogP contribution in [0.3, 0.4) is 0 Å². The number of hydrogen-bond donors (Lipinski definition) is 1. The minimum absolute atomic E-state index is 0.0379. The number of carbonyl (C=O) groups excluding carboxylic acids is 2. The molecule has 0 saturated carbocycles. The van der Waals surface area contributed by atoms with E-state index in [4.69, 9.17) is 9.47 Å². The van der Waals surface area contributed by atoms with Crippen LogP contribution in [0.1, 0.15) is 35.0 Å². The average molecular weight is 704 g/mol. The average Bonchev–Trinajstić information content (AvgIpc) is 3.75. The molecule has 260 valence electrons. The molecule has 0 unspecified atom stereocenters. The molecule has 5 aromatic rings. The maximum atomic E-state index is 16.6. The number of carbonyl (C=O) groups is 2. The highest BCUT2D eigenvalue weighted by molar-refractivity contribution is 6.72. The number of aryl methyl sites for hydroxylation is 1. The molecule has 0 bridgehead atoms. The second-order valence-electron chi connectivity index (χ2n) is 13.9. The number of anilines is 4. The van der Waals surface area contributed by atoms with Crippen LogP contribution in [0.15, 0.2) is 103 Å². The number of halogens is 1. The second-order valence-corrected chi connectivity index (χ2v) is 17.7. The van der Waals surface area contributed by atoms with Gasteiger partial charge in [-0.05, 0) is 74.1 Å². The number of hydrogen-bond acceptors (Lipinski definition) is 7. The standard InChI is InChI=1S/C39H38FN5O5Si/c1-25-36(51(2,3)40)35(19-21-43-24-26(20-22-46)41-42-43)50-39(25)30-23-28(17-18-31(30)45(38(39)48)27-11-5-4-6-12-27)44-32-14-8-10-16-34(32)49-33-15-9-7-13-29(33)37(44)47/h4-18,23-25,35-36,46H,19-22H2,1-3H3/t25-,35+,36-,39+/m1/s1. The Hall–Kier alpha value is -5.17. The molecular formula is C39H38FN5O5Si. The zero-order valence-corrected chi connectivity index (χ0v) is 29.6. The van der Waals surface area contributed by atoms with E-state index in [1.807, 2.05) is 85.8 Å². The summed E-state index contributed by atoms with van der Waals surface area (Å²) in [5.41, 5.74) is 1.96. The molecule has 4 aromatic carbocycles. The van der Waals surface area contributed by atoms with Crippen LogP contribution >= 0.6 is 0 Å². The van der Waals surface area contributed by atoms with E-state index in [-0.39, 0.29) is 18.4 Å². The number of rotatable bonds is 8. The van der Waals surface area contributed by atoms with Crippen molar-refractivity contribution >= 4 is 43.0 Å².